The number of hydrogen-bond acceptors (Lipinski definition) is 5. The van der Waals surface area contributed by atoms with Crippen molar-refractivity contribution in [3.8, 4) is 0 Å². The molecule has 1 aliphatic heterocycles. The van der Waals surface area contributed by atoms with Crippen molar-refractivity contribution in [3.63, 3.8) is 0 Å². The zero-order valence-electron chi connectivity index (χ0n) is 18.3. The Labute approximate surface area is 195 Å². The molecule has 9 heteroatoms. The van der Waals surface area contributed by atoms with E-state index in [-0.39, 0.29) is 11.8 Å². The molecular weight excluding hydrogens is 438 g/mol. The Kier molecular flexibility index (Phi) is 5.70. The molecule has 33 heavy (non-hydrogen) atoms. The van der Waals surface area contributed by atoms with Crippen molar-refractivity contribution in [1.29, 1.82) is 0 Å². The zero-order chi connectivity index (χ0) is 23.8. The average molecular weight is 460 g/mol. The van der Waals surface area contributed by atoms with E-state index in [1.165, 1.54) is 22.4 Å². The first-order valence-corrected chi connectivity index (χ1v) is 11.0. The van der Waals surface area contributed by atoms with Gasteiger partial charge in [-0.3, -0.25) is 19.5 Å². The van der Waals surface area contributed by atoms with Crippen LogP contribution in [0.5, 0.6) is 0 Å². The number of carbonyl (C=O) groups is 3. The molecule has 1 fully saturated rings. The zero-order valence-corrected chi connectivity index (χ0v) is 19.1. The first kappa shape index (κ1) is 22.2. The van der Waals surface area contributed by atoms with E-state index >= 15 is 0 Å². The molecule has 1 aromatic heterocycles. The molecular formula is C24H21N5O3S. The molecule has 0 unspecified atom stereocenters. The molecule has 0 saturated carbocycles. The summed E-state index contributed by atoms with van der Waals surface area (Å²) in [6, 6.07) is 11.6. The van der Waals surface area contributed by atoms with Crippen LogP contribution < -0.4 is 15.1 Å². The van der Waals surface area contributed by atoms with E-state index in [0.29, 0.717) is 34.0 Å². The fourth-order valence-electron chi connectivity index (χ4n) is 3.72. The molecule has 4 amide bonds. The summed E-state index contributed by atoms with van der Waals surface area (Å²) >= 11 is 1.27. The first-order valence-electron chi connectivity index (χ1n) is 10.2. The molecule has 8 nitrogen and oxygen atoms in total. The maximum Gasteiger partial charge on any atom is 0.336 e. The lowest BCUT2D eigenvalue weighted by atomic mass is 10.0. The lowest BCUT2D eigenvalue weighted by Crippen LogP contribution is -2.44. The number of rotatable bonds is 5. The highest BCUT2D eigenvalue weighted by molar-refractivity contribution is 7.11. The van der Waals surface area contributed by atoms with Gasteiger partial charge in [-0.2, -0.15) is 0 Å². The van der Waals surface area contributed by atoms with Crippen LogP contribution in [-0.4, -0.2) is 28.4 Å². The number of urea groups is 1. The maximum atomic E-state index is 13.3. The monoisotopic (exact) mass is 459 g/mol. The van der Waals surface area contributed by atoms with Gasteiger partial charge in [0.25, 0.3) is 11.8 Å². The second kappa shape index (κ2) is 8.48. The average Bonchev–Trinajstić information content (AvgIpc) is 3.39. The van der Waals surface area contributed by atoms with Crippen molar-refractivity contribution in [2.24, 2.45) is 0 Å². The quantitative estimate of drug-likeness (QED) is 0.443. The van der Waals surface area contributed by atoms with E-state index in [1.807, 2.05) is 12.1 Å². The van der Waals surface area contributed by atoms with Crippen molar-refractivity contribution in [3.05, 3.63) is 81.6 Å². The molecule has 2 aromatic carbocycles. The molecule has 166 valence electrons. The van der Waals surface area contributed by atoms with Gasteiger partial charge in [0.1, 0.15) is 10.4 Å². The van der Waals surface area contributed by atoms with E-state index in [1.54, 1.807) is 56.6 Å². The molecule has 0 bridgehead atoms. The smallest absolute Gasteiger partial charge is 0.336 e. The van der Waals surface area contributed by atoms with Crippen molar-refractivity contribution >= 4 is 46.2 Å². The van der Waals surface area contributed by atoms with Gasteiger partial charge in [0.2, 0.25) is 0 Å². The van der Waals surface area contributed by atoms with E-state index < -0.39 is 11.6 Å². The number of imide groups is 1. The van der Waals surface area contributed by atoms with Crippen LogP contribution >= 0.6 is 11.3 Å². The Hall–Kier alpha value is -4.03. The van der Waals surface area contributed by atoms with Gasteiger partial charge in [0, 0.05) is 12.2 Å². The lowest BCUT2D eigenvalue weighted by molar-refractivity contribution is -0.120. The summed E-state index contributed by atoms with van der Waals surface area (Å²) in [6.07, 6.45) is 1.52. The number of thiazole rings is 1. The fourth-order valence-corrected chi connectivity index (χ4v) is 4.26. The van der Waals surface area contributed by atoms with Gasteiger partial charge < -0.3 is 5.32 Å². The largest absolute Gasteiger partial charge is 0.347 e. The van der Waals surface area contributed by atoms with Crippen molar-refractivity contribution in [1.82, 2.24) is 10.3 Å². The third kappa shape index (κ3) is 3.97. The maximum absolute atomic E-state index is 13.3. The van der Waals surface area contributed by atoms with Crippen LogP contribution in [0, 0.1) is 13.5 Å². The minimum absolute atomic E-state index is 0.196. The van der Waals surface area contributed by atoms with E-state index in [9.17, 15) is 14.4 Å². The molecule has 0 radical (unpaired) electrons. The Morgan fingerprint density at radius 3 is 2.45 bits per heavy atom. The van der Waals surface area contributed by atoms with Gasteiger partial charge in [0.15, 0.2) is 5.69 Å². The summed E-state index contributed by atoms with van der Waals surface area (Å²) in [4.78, 5) is 49.1. The van der Waals surface area contributed by atoms with Crippen molar-refractivity contribution in [2.75, 3.05) is 9.80 Å². The van der Waals surface area contributed by atoms with Gasteiger partial charge in [-0.05, 0) is 56.2 Å². The number of nitrogens with one attached hydrogen (secondary N) is 1. The summed E-state index contributed by atoms with van der Waals surface area (Å²) in [7, 11) is 0. The van der Waals surface area contributed by atoms with Crippen LogP contribution in [-0.2, 0) is 11.3 Å². The topological polar surface area (TPSA) is 87.0 Å². The highest BCUT2D eigenvalue weighted by Crippen LogP contribution is 2.37. The second-order valence-electron chi connectivity index (χ2n) is 8.11. The fraction of sp³-hybridized carbons (Fsp3) is 0.208. The van der Waals surface area contributed by atoms with Gasteiger partial charge in [-0.25, -0.2) is 14.5 Å². The Morgan fingerprint density at radius 1 is 1.15 bits per heavy atom. The molecule has 3 aromatic rings. The summed E-state index contributed by atoms with van der Waals surface area (Å²) in [5, 5.41) is 2.83. The van der Waals surface area contributed by atoms with E-state index in [4.69, 9.17) is 6.57 Å². The van der Waals surface area contributed by atoms with E-state index in [0.717, 1.165) is 10.5 Å². The predicted molar refractivity (Wildman–Crippen MR) is 127 cm³/mol. The molecule has 0 aliphatic carbocycles. The van der Waals surface area contributed by atoms with Gasteiger partial charge in [-0.15, -0.1) is 11.3 Å². The molecule has 1 aliphatic rings. The number of nitrogens with zero attached hydrogens (tertiary/aromatic N) is 4. The van der Waals surface area contributed by atoms with E-state index in [2.05, 4.69) is 15.1 Å². The Morgan fingerprint density at radius 2 is 1.85 bits per heavy atom. The summed E-state index contributed by atoms with van der Waals surface area (Å²) < 4.78 is 0. The van der Waals surface area contributed by atoms with Crippen LogP contribution in [0.1, 0.15) is 34.6 Å². The molecule has 2 heterocycles. The number of anilines is 2. The minimum Gasteiger partial charge on any atom is -0.347 e. The lowest BCUT2D eigenvalue weighted by Gasteiger charge is -2.27. The molecule has 1 N–H and O–H groups in total. The van der Waals surface area contributed by atoms with Gasteiger partial charge in [-0.1, -0.05) is 18.2 Å². The van der Waals surface area contributed by atoms with Crippen molar-refractivity contribution in [2.45, 2.75) is 32.9 Å². The highest BCUT2D eigenvalue weighted by Gasteiger charge is 2.52. The van der Waals surface area contributed by atoms with Crippen LogP contribution in [0.2, 0.25) is 0 Å². The number of amides is 4. The first-order chi connectivity index (χ1) is 15.7. The minimum atomic E-state index is -1.09. The summed E-state index contributed by atoms with van der Waals surface area (Å²) in [5.74, 6) is -0.540. The van der Waals surface area contributed by atoms with Gasteiger partial charge >= 0.3 is 6.03 Å². The standard InChI is InChI=1S/C24H21N5O3S/c1-15-11-18(9-10-19(15)25-4)28-22(31)24(2,3)29(23(28)32)17-7-5-16(6-8-17)12-27-21(30)20-13-26-14-33-20/h5-11,13-14H,12H2,1-3H3,(H,27,30). The molecule has 4 rings (SSSR count). The van der Waals surface area contributed by atoms with Crippen LogP contribution in [0.3, 0.4) is 0 Å². The van der Waals surface area contributed by atoms with Crippen LogP contribution in [0.25, 0.3) is 4.85 Å². The third-order valence-electron chi connectivity index (χ3n) is 5.53. The Balaban J connectivity index is 1.55. The van der Waals surface area contributed by atoms with Crippen molar-refractivity contribution < 1.29 is 14.4 Å². The number of benzene rings is 2. The van der Waals surface area contributed by atoms with Crippen LogP contribution in [0.4, 0.5) is 21.9 Å². The second-order valence-corrected chi connectivity index (χ2v) is 9.00. The summed E-state index contributed by atoms with van der Waals surface area (Å²) in [6.45, 7) is 12.7. The highest BCUT2D eigenvalue weighted by atomic mass is 32.1. The number of hydrogen-bond donors (Lipinski definition) is 1. The Bertz CT molecular complexity index is 1280. The molecule has 0 atom stereocenters. The number of carbonyl (C=O) groups excluding carboxylic acids is 3. The normalized spacial score (nSPS) is 15.0. The SMILES string of the molecule is [C-]#[N+]c1ccc(N2C(=O)N(c3ccc(CNC(=O)c4cncs4)cc3)C(C)(C)C2=O)cc1C. The molecule has 1 saturated heterocycles. The summed E-state index contributed by atoms with van der Waals surface area (Å²) in [5.41, 5.74) is 3.56. The molecule has 0 spiro atoms. The predicted octanol–water partition coefficient (Wildman–Crippen LogP) is 4.68. The van der Waals surface area contributed by atoms with Gasteiger partial charge in [0.05, 0.1) is 24.0 Å². The van der Waals surface area contributed by atoms with Crippen LogP contribution in [0.15, 0.2) is 54.2 Å². The third-order valence-corrected chi connectivity index (χ3v) is 6.30. The number of aromatic nitrogens is 1. The number of aryl methyl sites for hydroxylation is 1.